The monoisotopic (exact) mass is 278 g/mol. The molecule has 114 valence electrons. The fourth-order valence-corrected chi connectivity index (χ4v) is 3.85. The van der Waals surface area contributed by atoms with Crippen LogP contribution in [-0.4, -0.2) is 40.9 Å². The summed E-state index contributed by atoms with van der Waals surface area (Å²) in [4.78, 5) is 2.44. The highest BCUT2D eigenvalue weighted by Crippen LogP contribution is 2.43. The van der Waals surface area contributed by atoms with Crippen molar-refractivity contribution in [1.29, 1.82) is 0 Å². The zero-order valence-electron chi connectivity index (χ0n) is 13.7. The molecule has 0 aromatic carbocycles. The van der Waals surface area contributed by atoms with Gasteiger partial charge in [-0.3, -0.25) is 4.68 Å². The quantitative estimate of drug-likeness (QED) is 0.898. The molecule has 0 saturated heterocycles. The summed E-state index contributed by atoms with van der Waals surface area (Å²) in [6, 6.07) is 2.48. The van der Waals surface area contributed by atoms with E-state index in [0.717, 1.165) is 12.5 Å². The predicted octanol–water partition coefficient (Wildman–Crippen LogP) is 2.58. The van der Waals surface area contributed by atoms with Gasteiger partial charge in [0.2, 0.25) is 0 Å². The number of hydrogen-bond donors (Lipinski definition) is 1. The SMILES string of the molecule is CCNC(c1ccn(C)n1)C1(N(C)C)CCCC(C)C1. The van der Waals surface area contributed by atoms with Crippen molar-refractivity contribution in [1.82, 2.24) is 20.0 Å². The van der Waals surface area contributed by atoms with Crippen LogP contribution in [0.5, 0.6) is 0 Å². The van der Waals surface area contributed by atoms with Gasteiger partial charge in [-0.2, -0.15) is 5.10 Å². The first kappa shape index (κ1) is 15.5. The van der Waals surface area contributed by atoms with Gasteiger partial charge in [-0.25, -0.2) is 0 Å². The maximum Gasteiger partial charge on any atom is 0.0812 e. The second kappa shape index (κ2) is 6.27. The van der Waals surface area contributed by atoms with E-state index in [2.05, 4.69) is 55.5 Å². The molecule has 0 bridgehead atoms. The van der Waals surface area contributed by atoms with Gasteiger partial charge in [0.25, 0.3) is 0 Å². The van der Waals surface area contributed by atoms with Gasteiger partial charge in [0, 0.05) is 18.8 Å². The molecule has 1 aromatic rings. The molecule has 1 aromatic heterocycles. The van der Waals surface area contributed by atoms with Crippen LogP contribution >= 0.6 is 0 Å². The second-order valence-electron chi connectivity index (χ2n) is 6.60. The van der Waals surface area contributed by atoms with E-state index in [1.807, 2.05) is 11.7 Å². The lowest BCUT2D eigenvalue weighted by Gasteiger charge is -2.50. The molecule has 2 rings (SSSR count). The topological polar surface area (TPSA) is 33.1 Å². The van der Waals surface area contributed by atoms with Crippen LogP contribution in [0.4, 0.5) is 0 Å². The van der Waals surface area contributed by atoms with E-state index in [0.29, 0.717) is 6.04 Å². The first-order chi connectivity index (χ1) is 9.49. The maximum atomic E-state index is 4.68. The van der Waals surface area contributed by atoms with Gasteiger partial charge >= 0.3 is 0 Å². The van der Waals surface area contributed by atoms with Crippen molar-refractivity contribution < 1.29 is 0 Å². The van der Waals surface area contributed by atoms with Crippen molar-refractivity contribution in [2.45, 2.75) is 51.1 Å². The Kier molecular flexibility index (Phi) is 4.86. The lowest BCUT2D eigenvalue weighted by Crippen LogP contribution is -2.56. The number of aryl methyl sites for hydroxylation is 1. The highest BCUT2D eigenvalue weighted by Gasteiger charge is 2.44. The standard InChI is InChI=1S/C16H30N4/c1-6-17-15(14-9-11-20(5)18-14)16(19(3)4)10-7-8-13(2)12-16/h9,11,13,15,17H,6-8,10,12H2,1-5H3. The summed E-state index contributed by atoms with van der Waals surface area (Å²) in [5.41, 5.74) is 1.36. The highest BCUT2D eigenvalue weighted by atomic mass is 15.3. The van der Waals surface area contributed by atoms with Crippen molar-refractivity contribution in [2.75, 3.05) is 20.6 Å². The molecule has 20 heavy (non-hydrogen) atoms. The average Bonchev–Trinajstić information content (AvgIpc) is 2.82. The Bertz CT molecular complexity index is 426. The smallest absolute Gasteiger partial charge is 0.0812 e. The molecule has 3 atom stereocenters. The molecule has 0 spiro atoms. The van der Waals surface area contributed by atoms with Gasteiger partial charge in [-0.1, -0.05) is 26.7 Å². The molecule has 0 amide bonds. The van der Waals surface area contributed by atoms with E-state index in [1.54, 1.807) is 0 Å². The van der Waals surface area contributed by atoms with Crippen molar-refractivity contribution in [3.05, 3.63) is 18.0 Å². The Labute approximate surface area is 123 Å². The number of rotatable bonds is 5. The molecule has 1 fully saturated rings. The van der Waals surface area contributed by atoms with Crippen LogP contribution in [0.25, 0.3) is 0 Å². The zero-order chi connectivity index (χ0) is 14.8. The normalized spacial score (nSPS) is 28.8. The zero-order valence-corrected chi connectivity index (χ0v) is 13.7. The fraction of sp³-hybridized carbons (Fsp3) is 0.812. The molecule has 0 radical (unpaired) electrons. The van der Waals surface area contributed by atoms with Gasteiger partial charge in [0.1, 0.15) is 0 Å². The van der Waals surface area contributed by atoms with E-state index < -0.39 is 0 Å². The van der Waals surface area contributed by atoms with Crippen LogP contribution in [0.3, 0.4) is 0 Å². The first-order valence-electron chi connectivity index (χ1n) is 7.90. The lowest BCUT2D eigenvalue weighted by molar-refractivity contribution is 0.0356. The van der Waals surface area contributed by atoms with E-state index in [4.69, 9.17) is 0 Å². The van der Waals surface area contributed by atoms with Crippen LogP contribution in [0.15, 0.2) is 12.3 Å². The van der Waals surface area contributed by atoms with Crippen LogP contribution in [0.2, 0.25) is 0 Å². The molecule has 1 heterocycles. The lowest BCUT2D eigenvalue weighted by atomic mass is 9.70. The molecular formula is C16H30N4. The third-order valence-corrected chi connectivity index (χ3v) is 4.87. The summed E-state index contributed by atoms with van der Waals surface area (Å²) in [6.07, 6.45) is 7.22. The summed E-state index contributed by atoms with van der Waals surface area (Å²) in [5, 5.41) is 8.39. The Hall–Kier alpha value is -0.870. The number of aromatic nitrogens is 2. The van der Waals surface area contributed by atoms with Crippen molar-refractivity contribution in [3.8, 4) is 0 Å². The van der Waals surface area contributed by atoms with Crippen LogP contribution < -0.4 is 5.32 Å². The van der Waals surface area contributed by atoms with Crippen LogP contribution in [0.1, 0.15) is 51.3 Å². The van der Waals surface area contributed by atoms with E-state index in [-0.39, 0.29) is 5.54 Å². The predicted molar refractivity (Wildman–Crippen MR) is 83.7 cm³/mol. The summed E-state index contributed by atoms with van der Waals surface area (Å²) in [5.74, 6) is 0.788. The van der Waals surface area contributed by atoms with Gasteiger partial charge in [0.15, 0.2) is 0 Å². The number of nitrogens with zero attached hydrogens (tertiary/aromatic N) is 3. The third-order valence-electron chi connectivity index (χ3n) is 4.87. The minimum atomic E-state index is 0.183. The molecule has 1 aliphatic rings. The van der Waals surface area contributed by atoms with Gasteiger partial charge in [-0.05, 0) is 45.5 Å². The molecular weight excluding hydrogens is 248 g/mol. The van der Waals surface area contributed by atoms with Gasteiger partial charge in [-0.15, -0.1) is 0 Å². The second-order valence-corrected chi connectivity index (χ2v) is 6.60. The molecule has 1 N–H and O–H groups in total. The van der Waals surface area contributed by atoms with Crippen LogP contribution in [0, 0.1) is 5.92 Å². The van der Waals surface area contributed by atoms with E-state index in [1.165, 1.54) is 31.4 Å². The number of nitrogens with one attached hydrogen (secondary N) is 1. The van der Waals surface area contributed by atoms with Gasteiger partial charge < -0.3 is 10.2 Å². The van der Waals surface area contributed by atoms with Gasteiger partial charge in [0.05, 0.1) is 11.7 Å². The minimum absolute atomic E-state index is 0.183. The fourth-order valence-electron chi connectivity index (χ4n) is 3.85. The Morgan fingerprint density at radius 2 is 2.30 bits per heavy atom. The maximum absolute atomic E-state index is 4.68. The van der Waals surface area contributed by atoms with E-state index >= 15 is 0 Å². The third kappa shape index (κ3) is 2.91. The Balaban J connectivity index is 2.37. The van der Waals surface area contributed by atoms with E-state index in [9.17, 15) is 0 Å². The van der Waals surface area contributed by atoms with Crippen LogP contribution in [-0.2, 0) is 7.05 Å². The van der Waals surface area contributed by atoms with Crippen molar-refractivity contribution >= 4 is 0 Å². The summed E-state index contributed by atoms with van der Waals surface area (Å²) in [7, 11) is 6.45. The Morgan fingerprint density at radius 3 is 2.80 bits per heavy atom. The van der Waals surface area contributed by atoms with Crippen molar-refractivity contribution in [2.24, 2.45) is 13.0 Å². The summed E-state index contributed by atoms with van der Waals surface area (Å²) >= 11 is 0. The Morgan fingerprint density at radius 1 is 1.55 bits per heavy atom. The molecule has 1 saturated carbocycles. The molecule has 1 aliphatic carbocycles. The first-order valence-corrected chi connectivity index (χ1v) is 7.90. The number of hydrogen-bond acceptors (Lipinski definition) is 3. The molecule has 4 nitrogen and oxygen atoms in total. The highest BCUT2D eigenvalue weighted by molar-refractivity contribution is 5.15. The van der Waals surface area contributed by atoms with Crippen molar-refractivity contribution in [3.63, 3.8) is 0 Å². The average molecular weight is 278 g/mol. The number of likely N-dealkylation sites (N-methyl/N-ethyl adjacent to an activating group) is 2. The molecule has 0 aliphatic heterocycles. The molecule has 4 heteroatoms. The largest absolute Gasteiger partial charge is 0.307 e. The summed E-state index contributed by atoms with van der Waals surface area (Å²) < 4.78 is 1.91. The molecule has 3 unspecified atom stereocenters. The minimum Gasteiger partial charge on any atom is -0.307 e. The summed E-state index contributed by atoms with van der Waals surface area (Å²) in [6.45, 7) is 5.55.